The van der Waals surface area contributed by atoms with Crippen molar-refractivity contribution in [2.75, 3.05) is 37.7 Å². The maximum Gasteiger partial charge on any atom is 0.0477 e. The van der Waals surface area contributed by atoms with Crippen molar-refractivity contribution < 1.29 is 5.11 Å². The summed E-state index contributed by atoms with van der Waals surface area (Å²) in [5.74, 6) is 0.852. The summed E-state index contributed by atoms with van der Waals surface area (Å²) in [7, 11) is 0. The van der Waals surface area contributed by atoms with Crippen molar-refractivity contribution in [2.24, 2.45) is 5.92 Å². The molecule has 0 saturated carbocycles. The molecule has 2 aliphatic heterocycles. The van der Waals surface area contributed by atoms with Crippen molar-refractivity contribution in [3.63, 3.8) is 0 Å². The van der Waals surface area contributed by atoms with Gasteiger partial charge in [-0.2, -0.15) is 0 Å². The molecule has 2 unspecified atom stereocenters. The largest absolute Gasteiger partial charge is 0.396 e. The van der Waals surface area contributed by atoms with Gasteiger partial charge in [-0.15, -0.1) is 0 Å². The van der Waals surface area contributed by atoms with Crippen LogP contribution in [0.15, 0.2) is 24.3 Å². The number of aliphatic hydroxyl groups is 1. The molecule has 0 radical (unpaired) electrons. The second-order valence-corrected chi connectivity index (χ2v) is 5.49. The fourth-order valence-corrected chi connectivity index (χ4v) is 3.22. The number of aliphatic hydroxyl groups excluding tert-OH is 1. The maximum absolute atomic E-state index is 9.38. The number of nitrogens with zero attached hydrogens (tertiary/aromatic N) is 1. The number of hydrogen-bond acceptors (Lipinski definition) is 3. The minimum absolute atomic E-state index is 0.283. The van der Waals surface area contributed by atoms with E-state index in [-0.39, 0.29) is 6.61 Å². The number of benzene rings is 1. The molecule has 18 heavy (non-hydrogen) atoms. The summed E-state index contributed by atoms with van der Waals surface area (Å²) < 4.78 is 0. The molecule has 2 atom stereocenters. The number of nitrogens with one attached hydrogen (secondary N) is 1. The van der Waals surface area contributed by atoms with Gasteiger partial charge in [0.05, 0.1) is 0 Å². The normalized spacial score (nSPS) is 27.9. The van der Waals surface area contributed by atoms with E-state index in [0.717, 1.165) is 13.1 Å². The third-order valence-electron chi connectivity index (χ3n) is 4.37. The second-order valence-electron chi connectivity index (χ2n) is 5.49. The van der Waals surface area contributed by atoms with Gasteiger partial charge in [-0.25, -0.2) is 0 Å². The highest BCUT2D eigenvalue weighted by Gasteiger charge is 2.27. The lowest BCUT2D eigenvalue weighted by molar-refractivity contribution is 0.226. The Balaban J connectivity index is 1.74. The molecule has 1 aromatic rings. The molecule has 0 aromatic heterocycles. The predicted molar refractivity (Wildman–Crippen MR) is 74.1 cm³/mol. The topological polar surface area (TPSA) is 35.5 Å². The first-order valence-corrected chi connectivity index (χ1v) is 7.05. The molecular formula is C15H22N2O. The summed E-state index contributed by atoms with van der Waals surface area (Å²) in [5, 5.41) is 12.7. The molecule has 2 saturated heterocycles. The van der Waals surface area contributed by atoms with E-state index in [0.29, 0.717) is 11.8 Å². The molecule has 2 aliphatic rings. The van der Waals surface area contributed by atoms with Crippen LogP contribution in [0.3, 0.4) is 0 Å². The molecular weight excluding hydrogens is 224 g/mol. The van der Waals surface area contributed by atoms with Gasteiger partial charge >= 0.3 is 0 Å². The smallest absolute Gasteiger partial charge is 0.0477 e. The van der Waals surface area contributed by atoms with Crippen molar-refractivity contribution >= 4 is 5.69 Å². The first-order chi connectivity index (χ1) is 8.88. The van der Waals surface area contributed by atoms with Crippen LogP contribution in [0.1, 0.15) is 24.3 Å². The van der Waals surface area contributed by atoms with Crippen LogP contribution in [-0.4, -0.2) is 37.9 Å². The highest BCUT2D eigenvalue weighted by molar-refractivity contribution is 5.49. The van der Waals surface area contributed by atoms with Crippen LogP contribution >= 0.6 is 0 Å². The third-order valence-corrected chi connectivity index (χ3v) is 4.37. The zero-order valence-electron chi connectivity index (χ0n) is 10.8. The fourth-order valence-electron chi connectivity index (χ4n) is 3.22. The lowest BCUT2D eigenvalue weighted by atomic mass is 9.89. The van der Waals surface area contributed by atoms with Crippen LogP contribution in [0.5, 0.6) is 0 Å². The second kappa shape index (κ2) is 5.29. The zero-order chi connectivity index (χ0) is 12.4. The Hall–Kier alpha value is -1.06. The SMILES string of the molecule is OCC1CNCC1c1ccc(N2CCCC2)cc1. The Labute approximate surface area is 109 Å². The zero-order valence-corrected chi connectivity index (χ0v) is 10.8. The molecule has 0 amide bonds. The summed E-state index contributed by atoms with van der Waals surface area (Å²) in [5.41, 5.74) is 2.71. The summed E-state index contributed by atoms with van der Waals surface area (Å²) in [6.45, 7) is 4.61. The lowest BCUT2D eigenvalue weighted by Gasteiger charge is -2.20. The minimum atomic E-state index is 0.283. The molecule has 1 aromatic carbocycles. The van der Waals surface area contributed by atoms with Gasteiger partial charge in [0.15, 0.2) is 0 Å². The molecule has 3 rings (SSSR count). The average molecular weight is 246 g/mol. The van der Waals surface area contributed by atoms with Crippen molar-refractivity contribution in [3.05, 3.63) is 29.8 Å². The Morgan fingerprint density at radius 2 is 1.83 bits per heavy atom. The Morgan fingerprint density at radius 1 is 1.11 bits per heavy atom. The molecule has 3 heteroatoms. The van der Waals surface area contributed by atoms with Crippen LogP contribution in [0, 0.1) is 5.92 Å². The van der Waals surface area contributed by atoms with Gasteiger partial charge in [-0.3, -0.25) is 0 Å². The quantitative estimate of drug-likeness (QED) is 0.850. The van der Waals surface area contributed by atoms with Crippen molar-refractivity contribution in [1.82, 2.24) is 5.32 Å². The van der Waals surface area contributed by atoms with E-state index >= 15 is 0 Å². The molecule has 0 aliphatic carbocycles. The highest BCUT2D eigenvalue weighted by Crippen LogP contribution is 2.29. The van der Waals surface area contributed by atoms with E-state index in [9.17, 15) is 5.11 Å². The van der Waals surface area contributed by atoms with E-state index in [2.05, 4.69) is 34.5 Å². The van der Waals surface area contributed by atoms with Crippen LogP contribution in [-0.2, 0) is 0 Å². The maximum atomic E-state index is 9.38. The van der Waals surface area contributed by atoms with Crippen molar-refractivity contribution in [2.45, 2.75) is 18.8 Å². The average Bonchev–Trinajstić information content (AvgIpc) is 3.10. The van der Waals surface area contributed by atoms with E-state index < -0.39 is 0 Å². The lowest BCUT2D eigenvalue weighted by Crippen LogP contribution is -2.18. The standard InChI is InChI=1S/C15H22N2O/c18-11-13-9-16-10-15(13)12-3-5-14(6-4-12)17-7-1-2-8-17/h3-6,13,15-16,18H,1-2,7-11H2. The monoisotopic (exact) mass is 246 g/mol. The first kappa shape index (κ1) is 12.0. The molecule has 2 fully saturated rings. The Morgan fingerprint density at radius 3 is 2.50 bits per heavy atom. The molecule has 2 heterocycles. The van der Waals surface area contributed by atoms with Crippen molar-refractivity contribution in [3.8, 4) is 0 Å². The van der Waals surface area contributed by atoms with E-state index in [4.69, 9.17) is 0 Å². The first-order valence-electron chi connectivity index (χ1n) is 7.05. The van der Waals surface area contributed by atoms with E-state index in [1.165, 1.54) is 37.2 Å². The fraction of sp³-hybridized carbons (Fsp3) is 0.600. The molecule has 98 valence electrons. The van der Waals surface area contributed by atoms with Gasteiger partial charge in [0.25, 0.3) is 0 Å². The van der Waals surface area contributed by atoms with Gasteiger partial charge in [0.1, 0.15) is 0 Å². The van der Waals surface area contributed by atoms with E-state index in [1.807, 2.05) is 0 Å². The highest BCUT2D eigenvalue weighted by atomic mass is 16.3. The van der Waals surface area contributed by atoms with Gasteiger partial charge in [0, 0.05) is 50.3 Å². The number of rotatable bonds is 3. The summed E-state index contributed by atoms with van der Waals surface area (Å²) in [4.78, 5) is 2.46. The predicted octanol–water partition coefficient (Wildman–Crippen LogP) is 1.58. The van der Waals surface area contributed by atoms with Gasteiger partial charge < -0.3 is 15.3 Å². The molecule has 2 N–H and O–H groups in total. The molecule has 0 spiro atoms. The van der Waals surface area contributed by atoms with Crippen molar-refractivity contribution in [1.29, 1.82) is 0 Å². The molecule has 3 nitrogen and oxygen atoms in total. The summed E-state index contributed by atoms with van der Waals surface area (Å²) >= 11 is 0. The number of anilines is 1. The number of hydrogen-bond donors (Lipinski definition) is 2. The third kappa shape index (κ3) is 2.25. The van der Waals surface area contributed by atoms with Gasteiger partial charge in [0.2, 0.25) is 0 Å². The van der Waals surface area contributed by atoms with Crippen LogP contribution < -0.4 is 10.2 Å². The van der Waals surface area contributed by atoms with Crippen LogP contribution in [0.2, 0.25) is 0 Å². The molecule has 0 bridgehead atoms. The summed E-state index contributed by atoms with van der Waals surface area (Å²) in [6, 6.07) is 8.97. The Bertz CT molecular complexity index is 384. The van der Waals surface area contributed by atoms with E-state index in [1.54, 1.807) is 0 Å². The van der Waals surface area contributed by atoms with Gasteiger partial charge in [-0.05, 0) is 30.5 Å². The Kier molecular flexibility index (Phi) is 3.52. The summed E-state index contributed by atoms with van der Waals surface area (Å²) in [6.07, 6.45) is 2.64. The minimum Gasteiger partial charge on any atom is -0.396 e. The van der Waals surface area contributed by atoms with Gasteiger partial charge in [-0.1, -0.05) is 12.1 Å². The van der Waals surface area contributed by atoms with Crippen LogP contribution in [0.4, 0.5) is 5.69 Å². The van der Waals surface area contributed by atoms with Crippen LogP contribution in [0.25, 0.3) is 0 Å².